The number of aromatic nitrogens is 1. The summed E-state index contributed by atoms with van der Waals surface area (Å²) in [6, 6.07) is 4.72. The molecule has 1 rings (SSSR count). The molecule has 0 aliphatic carbocycles. The van der Waals surface area contributed by atoms with Gasteiger partial charge in [0.15, 0.2) is 0 Å². The average molecular weight is 162 g/mol. The van der Waals surface area contributed by atoms with Crippen molar-refractivity contribution >= 4 is 0 Å². The number of nitrogens with zero attached hydrogens (tertiary/aromatic N) is 1. The Morgan fingerprint density at radius 3 is 2.75 bits per heavy atom. The molecular weight excluding hydrogens is 148 g/mol. The molecule has 0 aliphatic heterocycles. The summed E-state index contributed by atoms with van der Waals surface area (Å²) < 4.78 is 0. The number of hydrogen-bond acceptors (Lipinski definition) is 2. The first kappa shape index (κ1) is 9.02. The first-order chi connectivity index (χ1) is 5.58. The lowest BCUT2D eigenvalue weighted by Crippen LogP contribution is -2.35. The molecule has 1 heterocycles. The van der Waals surface area contributed by atoms with E-state index in [0.29, 0.717) is 0 Å². The van der Waals surface area contributed by atoms with E-state index in [1.165, 1.54) is 0 Å². The number of nitrogens with one attached hydrogen (secondary N) is 1. The Morgan fingerprint density at radius 2 is 2.25 bits per heavy atom. The minimum atomic E-state index is 0.152. The van der Waals surface area contributed by atoms with Crippen LogP contribution in [0.4, 0.5) is 0 Å². The maximum Gasteiger partial charge on any atom is 0.0427 e. The summed E-state index contributed by atoms with van der Waals surface area (Å²) in [7, 11) is 0. The van der Waals surface area contributed by atoms with E-state index in [-0.39, 0.29) is 5.54 Å². The average Bonchev–Trinajstić information content (AvgIpc) is 2.02. The van der Waals surface area contributed by atoms with E-state index in [1.54, 1.807) is 6.20 Å². The van der Waals surface area contributed by atoms with Crippen LogP contribution in [-0.2, 0) is 6.54 Å². The molecule has 2 nitrogen and oxygen atoms in total. The highest BCUT2D eigenvalue weighted by Gasteiger charge is 2.07. The van der Waals surface area contributed by atoms with Crippen LogP contribution in [0.15, 0.2) is 12.3 Å². The number of rotatable bonds is 2. The van der Waals surface area contributed by atoms with Crippen LogP contribution < -0.4 is 5.32 Å². The van der Waals surface area contributed by atoms with Crippen LogP contribution in [0.2, 0.25) is 0 Å². The molecule has 2 heteroatoms. The molecule has 64 valence electrons. The molecular formula is C10H14N2. The topological polar surface area (TPSA) is 24.9 Å². The van der Waals surface area contributed by atoms with Gasteiger partial charge in [-0.05, 0) is 38.5 Å². The van der Waals surface area contributed by atoms with E-state index < -0.39 is 0 Å². The van der Waals surface area contributed by atoms with Crippen molar-refractivity contribution in [2.75, 3.05) is 0 Å². The lowest BCUT2D eigenvalue weighted by Gasteiger charge is -2.19. The molecule has 0 aromatic carbocycles. The molecule has 0 spiro atoms. The Bertz CT molecular complexity index is 223. The predicted octanol–water partition coefficient (Wildman–Crippen LogP) is 1.57. The summed E-state index contributed by atoms with van der Waals surface area (Å²) in [6.45, 7) is 7.25. The fourth-order valence-electron chi connectivity index (χ4n) is 0.779. The largest absolute Gasteiger partial charge is 0.308 e. The number of hydrogen-bond donors (Lipinski definition) is 1. The third-order valence-electron chi connectivity index (χ3n) is 1.44. The fourth-order valence-corrected chi connectivity index (χ4v) is 0.779. The Balaban J connectivity index is 2.44. The summed E-state index contributed by atoms with van der Waals surface area (Å²) in [4.78, 5) is 3.86. The second-order valence-electron chi connectivity index (χ2n) is 3.84. The van der Waals surface area contributed by atoms with Crippen LogP contribution in [0.5, 0.6) is 0 Å². The second-order valence-corrected chi connectivity index (χ2v) is 3.84. The molecule has 0 fully saturated rings. The summed E-state index contributed by atoms with van der Waals surface area (Å²) in [5, 5.41) is 3.36. The van der Waals surface area contributed by atoms with Crippen LogP contribution >= 0.6 is 0 Å². The normalized spacial score (nSPS) is 10.9. The molecule has 0 bridgehead atoms. The van der Waals surface area contributed by atoms with E-state index in [2.05, 4.69) is 43.3 Å². The van der Waals surface area contributed by atoms with Crippen molar-refractivity contribution in [2.24, 2.45) is 0 Å². The van der Waals surface area contributed by atoms with Gasteiger partial charge < -0.3 is 5.32 Å². The van der Waals surface area contributed by atoms with E-state index in [9.17, 15) is 0 Å². The lowest BCUT2D eigenvalue weighted by molar-refractivity contribution is 0.424. The molecule has 0 aliphatic rings. The molecule has 0 saturated carbocycles. The fraction of sp³-hybridized carbons (Fsp3) is 0.500. The van der Waals surface area contributed by atoms with Crippen LogP contribution in [0, 0.1) is 12.3 Å². The van der Waals surface area contributed by atoms with Crippen molar-refractivity contribution in [1.82, 2.24) is 10.3 Å². The van der Waals surface area contributed by atoms with Gasteiger partial charge in [0.05, 0.1) is 0 Å². The van der Waals surface area contributed by atoms with E-state index >= 15 is 0 Å². The van der Waals surface area contributed by atoms with E-state index in [0.717, 1.165) is 12.1 Å². The highest BCUT2D eigenvalue weighted by molar-refractivity contribution is 5.04. The zero-order chi connectivity index (χ0) is 9.03. The monoisotopic (exact) mass is 162 g/mol. The van der Waals surface area contributed by atoms with Crippen LogP contribution in [-0.4, -0.2) is 10.5 Å². The summed E-state index contributed by atoms with van der Waals surface area (Å²) in [5.74, 6) is 0. The van der Waals surface area contributed by atoms with E-state index in [1.807, 2.05) is 6.07 Å². The van der Waals surface area contributed by atoms with Crippen molar-refractivity contribution in [1.29, 1.82) is 0 Å². The predicted molar refractivity (Wildman–Crippen MR) is 48.5 cm³/mol. The van der Waals surface area contributed by atoms with Gasteiger partial charge in [-0.25, -0.2) is 4.98 Å². The van der Waals surface area contributed by atoms with Crippen LogP contribution in [0.3, 0.4) is 0 Å². The quantitative estimate of drug-likeness (QED) is 0.714. The van der Waals surface area contributed by atoms with Crippen molar-refractivity contribution in [3.63, 3.8) is 0 Å². The SMILES string of the molecule is CC(C)(C)NCc1cc#cnc1. The molecule has 0 unspecified atom stereocenters. The van der Waals surface area contributed by atoms with Gasteiger partial charge in [-0.3, -0.25) is 0 Å². The molecule has 1 N–H and O–H groups in total. The van der Waals surface area contributed by atoms with Crippen molar-refractivity contribution in [3.8, 4) is 0 Å². The first-order valence-electron chi connectivity index (χ1n) is 4.05. The van der Waals surface area contributed by atoms with Crippen LogP contribution in [0.25, 0.3) is 0 Å². The Hall–Kier alpha value is -1.07. The third kappa shape index (κ3) is 3.36. The maximum absolute atomic E-state index is 3.86. The Kier molecular flexibility index (Phi) is 2.67. The highest BCUT2D eigenvalue weighted by atomic mass is 14.9. The molecule has 12 heavy (non-hydrogen) atoms. The molecule has 0 radical (unpaired) electrons. The molecule has 0 atom stereocenters. The van der Waals surface area contributed by atoms with Crippen molar-refractivity contribution in [2.45, 2.75) is 32.9 Å². The van der Waals surface area contributed by atoms with Gasteiger partial charge in [-0.15, -0.1) is 0 Å². The molecule has 1 aromatic rings. The molecule has 0 saturated heterocycles. The van der Waals surface area contributed by atoms with Crippen LogP contribution in [0.1, 0.15) is 26.3 Å². The lowest BCUT2D eigenvalue weighted by atomic mass is 10.1. The maximum atomic E-state index is 3.86. The van der Waals surface area contributed by atoms with Gasteiger partial charge in [0.1, 0.15) is 0 Å². The Morgan fingerprint density at radius 1 is 1.50 bits per heavy atom. The second kappa shape index (κ2) is 3.55. The van der Waals surface area contributed by atoms with Crippen molar-refractivity contribution in [3.05, 3.63) is 30.1 Å². The zero-order valence-corrected chi connectivity index (χ0v) is 7.81. The summed E-state index contributed by atoms with van der Waals surface area (Å²) in [6.07, 6.45) is 4.43. The summed E-state index contributed by atoms with van der Waals surface area (Å²) in [5.41, 5.74) is 1.29. The standard InChI is InChI=1S/C10H14N2/c1-10(2,3)12-8-9-5-4-6-11-7-9/h5,7,12H,8H2,1-3H3. The smallest absolute Gasteiger partial charge is 0.0427 e. The van der Waals surface area contributed by atoms with Gasteiger partial charge in [0.2, 0.25) is 0 Å². The minimum Gasteiger partial charge on any atom is -0.308 e. The minimum absolute atomic E-state index is 0.152. The van der Waals surface area contributed by atoms with E-state index in [4.69, 9.17) is 0 Å². The van der Waals surface area contributed by atoms with Gasteiger partial charge in [0, 0.05) is 24.5 Å². The molecule has 1 aromatic heterocycles. The van der Waals surface area contributed by atoms with Gasteiger partial charge in [-0.1, -0.05) is 0 Å². The first-order valence-corrected chi connectivity index (χ1v) is 4.05. The summed E-state index contributed by atoms with van der Waals surface area (Å²) >= 11 is 0. The highest BCUT2D eigenvalue weighted by Crippen LogP contribution is 2.01. The van der Waals surface area contributed by atoms with Gasteiger partial charge in [0.25, 0.3) is 0 Å². The zero-order valence-electron chi connectivity index (χ0n) is 7.81. The molecule has 0 amide bonds. The van der Waals surface area contributed by atoms with Gasteiger partial charge >= 0.3 is 0 Å². The Labute approximate surface area is 74.0 Å². The van der Waals surface area contributed by atoms with Crippen molar-refractivity contribution < 1.29 is 0 Å². The third-order valence-corrected chi connectivity index (χ3v) is 1.44. The van der Waals surface area contributed by atoms with Gasteiger partial charge in [-0.2, -0.15) is 0 Å².